The molecule has 0 heterocycles. The molecule has 0 atom stereocenters. The summed E-state index contributed by atoms with van der Waals surface area (Å²) in [6, 6.07) is 23.3. The summed E-state index contributed by atoms with van der Waals surface area (Å²) in [5, 5.41) is 8.74. The predicted molar refractivity (Wildman–Crippen MR) is 214 cm³/mol. The Kier molecular flexibility index (Phi) is 13.5. The molecular weight excluding hydrogens is 666 g/mol. The molecule has 9 nitrogen and oxygen atoms in total. The quantitative estimate of drug-likeness (QED) is 0.135. The van der Waals surface area contributed by atoms with Gasteiger partial charge in [0.1, 0.15) is 19.8 Å². The highest BCUT2D eigenvalue weighted by atomic mass is 16.6. The van der Waals surface area contributed by atoms with E-state index >= 15 is 0 Å². The highest BCUT2D eigenvalue weighted by Gasteiger charge is 2.34. The van der Waals surface area contributed by atoms with Gasteiger partial charge in [0.25, 0.3) is 0 Å². The highest BCUT2D eigenvalue weighted by Crippen LogP contribution is 2.27. The lowest BCUT2D eigenvalue weighted by Crippen LogP contribution is -2.46. The highest BCUT2D eigenvalue weighted by molar-refractivity contribution is 5.71. The van der Waals surface area contributed by atoms with Crippen LogP contribution in [0.15, 0.2) is 92.5 Å². The second-order valence-corrected chi connectivity index (χ2v) is 15.9. The van der Waals surface area contributed by atoms with E-state index < -0.39 is 40.3 Å². The molecule has 3 rings (SSSR count). The molecule has 0 aliphatic rings. The molecule has 0 bridgehead atoms. The molecule has 0 fully saturated rings. The van der Waals surface area contributed by atoms with E-state index in [9.17, 15) is 14.4 Å². The zero-order chi connectivity index (χ0) is 39.8. The van der Waals surface area contributed by atoms with E-state index in [-0.39, 0.29) is 19.8 Å². The Labute approximate surface area is 315 Å². The molecule has 0 saturated carbocycles. The lowest BCUT2D eigenvalue weighted by atomic mass is 9.92. The van der Waals surface area contributed by atoms with Crippen LogP contribution < -0.4 is 16.0 Å². The standard InChI is InChI=1S/C44H57N3O6/c1-29(2)32-17-21-35(22-18-32)41(7,8)45-38(48)51-26-44(13,27-52-39(49)46-42(9,10)36-23-19-33(20-24-36)30(3)4)28-53-40(50)47-43(11,12)37-16-14-15-34(25-37)31(5)6/h14-25H,1,3,5,26-28H2,2,4,6-13H3,(H,45,48)(H,46,49)(H,47,50). The molecule has 0 radical (unpaired) electrons. The number of benzene rings is 3. The molecule has 0 unspecified atom stereocenters. The Bertz CT molecular complexity index is 1730. The van der Waals surface area contributed by atoms with Gasteiger partial charge in [-0.25, -0.2) is 14.4 Å². The normalized spacial score (nSPS) is 11.9. The molecule has 0 aromatic heterocycles. The summed E-state index contributed by atoms with van der Waals surface area (Å²) in [4.78, 5) is 39.5. The molecule has 3 amide bonds. The average Bonchev–Trinajstić information content (AvgIpc) is 3.08. The Hall–Kier alpha value is -5.31. The fourth-order valence-electron chi connectivity index (χ4n) is 5.45. The third-order valence-corrected chi connectivity index (χ3v) is 9.17. The topological polar surface area (TPSA) is 115 Å². The van der Waals surface area contributed by atoms with Gasteiger partial charge in [-0.05, 0) is 109 Å². The first-order valence-corrected chi connectivity index (χ1v) is 17.7. The molecule has 53 heavy (non-hydrogen) atoms. The predicted octanol–water partition coefficient (Wildman–Crippen LogP) is 10.1. The maximum atomic E-state index is 13.2. The number of amides is 3. The lowest BCUT2D eigenvalue weighted by Gasteiger charge is -2.32. The molecule has 0 aliphatic carbocycles. The number of allylic oxidation sites excluding steroid dienone is 3. The number of rotatable bonds is 15. The Balaban J connectivity index is 1.73. The van der Waals surface area contributed by atoms with Gasteiger partial charge >= 0.3 is 18.3 Å². The van der Waals surface area contributed by atoms with Crippen LogP contribution in [0.5, 0.6) is 0 Å². The van der Waals surface area contributed by atoms with E-state index in [1.54, 1.807) is 6.92 Å². The van der Waals surface area contributed by atoms with E-state index in [0.717, 1.165) is 50.1 Å². The molecule has 3 aromatic rings. The van der Waals surface area contributed by atoms with Crippen molar-refractivity contribution in [3.63, 3.8) is 0 Å². The SMILES string of the molecule is C=C(C)c1ccc(C(C)(C)NC(=O)OCC(C)(COC(=O)NC(C)(C)c2ccc(C(=C)C)cc2)COC(=O)NC(C)(C)c2cccc(C(=C)C)c2)cc1. The largest absolute Gasteiger partial charge is 0.449 e. The number of carbonyl (C=O) groups is 3. The molecule has 3 N–H and O–H groups in total. The third-order valence-electron chi connectivity index (χ3n) is 9.17. The van der Waals surface area contributed by atoms with Crippen molar-refractivity contribution in [3.8, 4) is 0 Å². The van der Waals surface area contributed by atoms with Crippen LogP contribution in [-0.4, -0.2) is 38.1 Å². The number of hydrogen-bond donors (Lipinski definition) is 3. The Morgan fingerprint density at radius 3 is 1.13 bits per heavy atom. The maximum Gasteiger partial charge on any atom is 0.407 e. The summed E-state index contributed by atoms with van der Waals surface area (Å²) in [5.41, 5.74) is 4.92. The van der Waals surface area contributed by atoms with Crippen molar-refractivity contribution in [1.82, 2.24) is 16.0 Å². The van der Waals surface area contributed by atoms with Gasteiger partial charge in [0, 0.05) is 0 Å². The van der Waals surface area contributed by atoms with Crippen LogP contribution in [0, 0.1) is 5.41 Å². The summed E-state index contributed by atoms with van der Waals surface area (Å²) in [5.74, 6) is 0. The second kappa shape index (κ2) is 17.0. The minimum atomic E-state index is -1.11. The van der Waals surface area contributed by atoms with Crippen molar-refractivity contribution in [2.24, 2.45) is 5.41 Å². The number of nitrogens with one attached hydrogen (secondary N) is 3. The minimum absolute atomic E-state index is 0.222. The summed E-state index contributed by atoms with van der Waals surface area (Å²) in [6.45, 7) is 30.0. The van der Waals surface area contributed by atoms with Gasteiger partial charge in [-0.3, -0.25) is 0 Å². The van der Waals surface area contributed by atoms with Gasteiger partial charge in [0.2, 0.25) is 0 Å². The van der Waals surface area contributed by atoms with Crippen molar-refractivity contribution in [3.05, 3.63) is 126 Å². The van der Waals surface area contributed by atoms with Crippen LogP contribution in [0.25, 0.3) is 16.7 Å². The molecule has 0 aliphatic heterocycles. The number of carbonyl (C=O) groups excluding carboxylic acids is 3. The van der Waals surface area contributed by atoms with E-state index in [0.29, 0.717) is 0 Å². The molecule has 0 spiro atoms. The first-order chi connectivity index (χ1) is 24.5. The first kappa shape index (κ1) is 42.1. The van der Waals surface area contributed by atoms with Crippen LogP contribution in [0.4, 0.5) is 14.4 Å². The van der Waals surface area contributed by atoms with E-state index in [1.807, 2.05) is 135 Å². The minimum Gasteiger partial charge on any atom is -0.449 e. The molecular formula is C44H57N3O6. The van der Waals surface area contributed by atoms with Crippen LogP contribution in [0.3, 0.4) is 0 Å². The van der Waals surface area contributed by atoms with Gasteiger partial charge in [-0.1, -0.05) is 103 Å². The van der Waals surface area contributed by atoms with Crippen LogP contribution in [0.1, 0.15) is 103 Å². The molecule has 0 saturated heterocycles. The van der Waals surface area contributed by atoms with Crippen molar-refractivity contribution in [1.29, 1.82) is 0 Å². The number of alkyl carbamates (subject to hydrolysis) is 3. The summed E-state index contributed by atoms with van der Waals surface area (Å²) in [7, 11) is 0. The Morgan fingerprint density at radius 1 is 0.491 bits per heavy atom. The lowest BCUT2D eigenvalue weighted by molar-refractivity contribution is -0.00792. The van der Waals surface area contributed by atoms with Crippen molar-refractivity contribution in [2.45, 2.75) is 85.9 Å². The van der Waals surface area contributed by atoms with Gasteiger partial charge in [-0.15, -0.1) is 0 Å². The fourth-order valence-corrected chi connectivity index (χ4v) is 5.45. The summed E-state index contributed by atoms with van der Waals surface area (Å²) in [6.07, 6.45) is -2.05. The van der Waals surface area contributed by atoms with Gasteiger partial charge in [-0.2, -0.15) is 0 Å². The van der Waals surface area contributed by atoms with Crippen molar-refractivity contribution >= 4 is 35.0 Å². The van der Waals surface area contributed by atoms with Crippen molar-refractivity contribution in [2.75, 3.05) is 19.8 Å². The Morgan fingerprint density at radius 2 is 0.811 bits per heavy atom. The zero-order valence-electron chi connectivity index (χ0n) is 33.1. The zero-order valence-corrected chi connectivity index (χ0v) is 33.1. The third kappa shape index (κ3) is 12.1. The van der Waals surface area contributed by atoms with Gasteiger partial charge in [0.15, 0.2) is 0 Å². The van der Waals surface area contributed by atoms with Crippen molar-refractivity contribution < 1.29 is 28.6 Å². The molecule has 284 valence electrons. The number of hydrogen-bond acceptors (Lipinski definition) is 6. The van der Waals surface area contributed by atoms with E-state index in [2.05, 4.69) is 35.7 Å². The first-order valence-electron chi connectivity index (χ1n) is 17.7. The maximum absolute atomic E-state index is 13.2. The fraction of sp³-hybridized carbons (Fsp3) is 0.386. The summed E-state index contributed by atoms with van der Waals surface area (Å²) >= 11 is 0. The molecule has 3 aromatic carbocycles. The van der Waals surface area contributed by atoms with Gasteiger partial charge < -0.3 is 30.2 Å². The average molecular weight is 724 g/mol. The molecule has 9 heteroatoms. The van der Waals surface area contributed by atoms with Crippen LogP contribution in [-0.2, 0) is 30.8 Å². The second-order valence-electron chi connectivity index (χ2n) is 15.9. The smallest absolute Gasteiger partial charge is 0.407 e. The van der Waals surface area contributed by atoms with Crippen LogP contribution >= 0.6 is 0 Å². The summed E-state index contributed by atoms with van der Waals surface area (Å²) < 4.78 is 17.1. The number of ether oxygens (including phenoxy) is 3. The van der Waals surface area contributed by atoms with Gasteiger partial charge in [0.05, 0.1) is 22.0 Å². The van der Waals surface area contributed by atoms with Crippen LogP contribution in [0.2, 0.25) is 0 Å². The van der Waals surface area contributed by atoms with E-state index in [4.69, 9.17) is 14.2 Å². The van der Waals surface area contributed by atoms with E-state index in [1.165, 1.54) is 0 Å². The monoisotopic (exact) mass is 723 g/mol.